The minimum Gasteiger partial charge on any atom is -0.489 e. The number of halogens is 1. The summed E-state index contributed by atoms with van der Waals surface area (Å²) in [6.07, 6.45) is 3.58. The van der Waals surface area contributed by atoms with E-state index in [4.69, 9.17) is 15.4 Å². The standard InChI is InChI=1S/C13H15ClN2O3S/c1-9-5-13(20(14,17)18)10(2)4-12(9)19-8-11-6-15-16(3)7-11/h4-7H,8H2,1-3H3. The molecule has 20 heavy (non-hydrogen) atoms. The summed E-state index contributed by atoms with van der Waals surface area (Å²) in [4.78, 5) is 0.116. The first-order valence-electron chi connectivity index (χ1n) is 5.93. The van der Waals surface area contributed by atoms with Crippen LogP contribution in [-0.2, 0) is 22.7 Å². The zero-order valence-corrected chi connectivity index (χ0v) is 13.0. The number of aryl methyl sites for hydroxylation is 3. The Morgan fingerprint density at radius 2 is 2.00 bits per heavy atom. The number of ether oxygens (including phenoxy) is 1. The molecule has 0 saturated carbocycles. The van der Waals surface area contributed by atoms with Crippen molar-refractivity contribution < 1.29 is 13.2 Å². The lowest BCUT2D eigenvalue weighted by Crippen LogP contribution is -2.00. The lowest BCUT2D eigenvalue weighted by molar-refractivity contribution is 0.303. The average molecular weight is 315 g/mol. The molecule has 0 aliphatic rings. The lowest BCUT2D eigenvalue weighted by Gasteiger charge is -2.11. The average Bonchev–Trinajstić information content (AvgIpc) is 2.74. The van der Waals surface area contributed by atoms with Crippen LogP contribution in [0.25, 0.3) is 0 Å². The van der Waals surface area contributed by atoms with Crippen molar-refractivity contribution in [3.8, 4) is 5.75 Å². The maximum absolute atomic E-state index is 11.4. The Bertz CT molecular complexity index is 738. The van der Waals surface area contributed by atoms with Gasteiger partial charge in [0.1, 0.15) is 12.4 Å². The maximum atomic E-state index is 11.4. The Labute approximate surface area is 122 Å². The predicted molar refractivity (Wildman–Crippen MR) is 76.5 cm³/mol. The zero-order chi connectivity index (χ0) is 14.9. The molecule has 0 radical (unpaired) electrons. The van der Waals surface area contributed by atoms with E-state index >= 15 is 0 Å². The first-order valence-corrected chi connectivity index (χ1v) is 8.24. The third kappa shape index (κ3) is 3.32. The smallest absolute Gasteiger partial charge is 0.261 e. The number of benzene rings is 1. The van der Waals surface area contributed by atoms with Crippen LogP contribution in [0.2, 0.25) is 0 Å². The van der Waals surface area contributed by atoms with Crippen molar-refractivity contribution in [3.63, 3.8) is 0 Å². The fourth-order valence-corrected chi connectivity index (χ4v) is 3.15. The van der Waals surface area contributed by atoms with E-state index in [0.29, 0.717) is 17.9 Å². The van der Waals surface area contributed by atoms with Gasteiger partial charge >= 0.3 is 0 Å². The zero-order valence-electron chi connectivity index (χ0n) is 11.4. The normalized spacial score (nSPS) is 11.6. The molecule has 0 fully saturated rings. The van der Waals surface area contributed by atoms with Gasteiger partial charge in [0.25, 0.3) is 9.05 Å². The largest absolute Gasteiger partial charge is 0.489 e. The first kappa shape index (κ1) is 14.9. The van der Waals surface area contributed by atoms with Gasteiger partial charge in [-0.1, -0.05) is 0 Å². The summed E-state index contributed by atoms with van der Waals surface area (Å²) in [7, 11) is 3.48. The van der Waals surface area contributed by atoms with Crippen molar-refractivity contribution in [2.75, 3.05) is 0 Å². The Morgan fingerprint density at radius 1 is 1.30 bits per heavy atom. The molecule has 0 aliphatic carbocycles. The molecule has 2 aromatic rings. The Balaban J connectivity index is 2.23. The number of aromatic nitrogens is 2. The molecule has 0 N–H and O–H groups in total. The summed E-state index contributed by atoms with van der Waals surface area (Å²) in [5, 5.41) is 4.06. The highest BCUT2D eigenvalue weighted by atomic mass is 35.7. The second-order valence-electron chi connectivity index (χ2n) is 4.63. The second-order valence-corrected chi connectivity index (χ2v) is 7.17. The van der Waals surface area contributed by atoms with Crippen molar-refractivity contribution in [1.82, 2.24) is 9.78 Å². The van der Waals surface area contributed by atoms with Gasteiger partial charge in [-0.05, 0) is 37.1 Å². The van der Waals surface area contributed by atoms with E-state index in [1.54, 1.807) is 30.8 Å². The van der Waals surface area contributed by atoms with Crippen LogP contribution in [-0.4, -0.2) is 18.2 Å². The molecule has 0 saturated heterocycles. The molecule has 0 bridgehead atoms. The molecule has 0 amide bonds. The summed E-state index contributed by atoms with van der Waals surface area (Å²) < 4.78 is 30.2. The second kappa shape index (κ2) is 5.46. The molecule has 0 aliphatic heterocycles. The highest BCUT2D eigenvalue weighted by Crippen LogP contribution is 2.28. The first-order chi connectivity index (χ1) is 9.27. The van der Waals surface area contributed by atoms with E-state index in [1.807, 2.05) is 13.2 Å². The van der Waals surface area contributed by atoms with E-state index in [0.717, 1.165) is 11.1 Å². The summed E-state index contributed by atoms with van der Waals surface area (Å²) in [5.41, 5.74) is 2.23. The van der Waals surface area contributed by atoms with Gasteiger partial charge in [0.05, 0.1) is 11.1 Å². The van der Waals surface area contributed by atoms with Crippen LogP contribution in [0.1, 0.15) is 16.7 Å². The number of nitrogens with zero attached hydrogens (tertiary/aromatic N) is 2. The fraction of sp³-hybridized carbons (Fsp3) is 0.308. The molecule has 2 rings (SSSR count). The molecule has 1 aromatic heterocycles. The summed E-state index contributed by atoms with van der Waals surface area (Å²) in [6.45, 7) is 3.84. The van der Waals surface area contributed by atoms with E-state index < -0.39 is 9.05 Å². The molecule has 7 heteroatoms. The molecule has 0 spiro atoms. The van der Waals surface area contributed by atoms with Crippen LogP contribution in [0.4, 0.5) is 0 Å². The minimum absolute atomic E-state index is 0.116. The topological polar surface area (TPSA) is 61.2 Å². The van der Waals surface area contributed by atoms with E-state index in [2.05, 4.69) is 5.10 Å². The van der Waals surface area contributed by atoms with E-state index in [-0.39, 0.29) is 4.90 Å². The molecule has 5 nitrogen and oxygen atoms in total. The monoisotopic (exact) mass is 314 g/mol. The third-order valence-electron chi connectivity index (χ3n) is 2.89. The van der Waals surface area contributed by atoms with Gasteiger partial charge in [0.15, 0.2) is 0 Å². The quantitative estimate of drug-likeness (QED) is 0.814. The summed E-state index contributed by atoms with van der Waals surface area (Å²) in [5.74, 6) is 0.635. The van der Waals surface area contributed by atoms with E-state index in [1.165, 1.54) is 6.07 Å². The van der Waals surface area contributed by atoms with Gasteiger partial charge in [-0.2, -0.15) is 5.10 Å². The number of rotatable bonds is 4. The maximum Gasteiger partial charge on any atom is 0.261 e. The van der Waals surface area contributed by atoms with Gasteiger partial charge in [0, 0.05) is 29.5 Å². The highest BCUT2D eigenvalue weighted by Gasteiger charge is 2.16. The van der Waals surface area contributed by atoms with Gasteiger partial charge in [0.2, 0.25) is 0 Å². The molecular formula is C13H15ClN2O3S. The Kier molecular flexibility index (Phi) is 4.06. The predicted octanol–water partition coefficient (Wildman–Crippen LogP) is 2.54. The highest BCUT2D eigenvalue weighted by molar-refractivity contribution is 8.13. The van der Waals surface area contributed by atoms with Gasteiger partial charge in [-0.3, -0.25) is 4.68 Å². The fourth-order valence-electron chi connectivity index (χ4n) is 1.89. The van der Waals surface area contributed by atoms with Crippen molar-refractivity contribution in [2.45, 2.75) is 25.3 Å². The Morgan fingerprint density at radius 3 is 2.55 bits per heavy atom. The molecule has 1 heterocycles. The van der Waals surface area contributed by atoms with Crippen LogP contribution < -0.4 is 4.74 Å². The number of hydrogen-bond donors (Lipinski definition) is 0. The van der Waals surface area contributed by atoms with Crippen LogP contribution >= 0.6 is 10.7 Å². The van der Waals surface area contributed by atoms with Crippen molar-refractivity contribution in [3.05, 3.63) is 41.2 Å². The summed E-state index contributed by atoms with van der Waals surface area (Å²) >= 11 is 0. The lowest BCUT2D eigenvalue weighted by atomic mass is 10.1. The number of hydrogen-bond acceptors (Lipinski definition) is 4. The van der Waals surface area contributed by atoms with Crippen LogP contribution in [0.3, 0.4) is 0 Å². The molecule has 0 unspecified atom stereocenters. The van der Waals surface area contributed by atoms with Gasteiger partial charge < -0.3 is 4.74 Å². The molecule has 1 aromatic carbocycles. The van der Waals surface area contributed by atoms with E-state index in [9.17, 15) is 8.42 Å². The molecular weight excluding hydrogens is 300 g/mol. The van der Waals surface area contributed by atoms with Crippen LogP contribution in [0.5, 0.6) is 5.75 Å². The van der Waals surface area contributed by atoms with Gasteiger partial charge in [-0.25, -0.2) is 8.42 Å². The Hall–Kier alpha value is -1.53. The molecule has 0 atom stereocenters. The van der Waals surface area contributed by atoms with Crippen molar-refractivity contribution in [2.24, 2.45) is 7.05 Å². The summed E-state index contributed by atoms with van der Waals surface area (Å²) in [6, 6.07) is 3.21. The van der Waals surface area contributed by atoms with Crippen LogP contribution in [0, 0.1) is 13.8 Å². The van der Waals surface area contributed by atoms with Crippen LogP contribution in [0.15, 0.2) is 29.4 Å². The SMILES string of the molecule is Cc1cc(S(=O)(=O)Cl)c(C)cc1OCc1cnn(C)c1. The van der Waals surface area contributed by atoms with Crippen molar-refractivity contribution >= 4 is 19.7 Å². The third-order valence-corrected chi connectivity index (χ3v) is 4.35. The molecule has 108 valence electrons. The van der Waals surface area contributed by atoms with Gasteiger partial charge in [-0.15, -0.1) is 0 Å². The minimum atomic E-state index is -3.73. The van der Waals surface area contributed by atoms with Crippen molar-refractivity contribution in [1.29, 1.82) is 0 Å².